The Labute approximate surface area is 112 Å². The fraction of sp³-hybridized carbons (Fsp3) is 0.533. The first-order valence-electron chi connectivity index (χ1n) is 6.83. The average molecular weight is 260 g/mol. The number of aryl methyl sites for hydroxylation is 1. The number of aromatic nitrogens is 1. The second-order valence-corrected chi connectivity index (χ2v) is 6.54. The highest BCUT2D eigenvalue weighted by atomic mass is 32.1. The van der Waals surface area contributed by atoms with Crippen LogP contribution in [-0.2, 0) is 0 Å². The Morgan fingerprint density at radius 2 is 2.06 bits per heavy atom. The molecule has 0 bridgehead atoms. The lowest BCUT2D eigenvalue weighted by atomic mass is 9.82. The van der Waals surface area contributed by atoms with Gasteiger partial charge in [0.05, 0.1) is 15.2 Å². The van der Waals surface area contributed by atoms with Crippen LogP contribution in [0, 0.1) is 12.8 Å². The van der Waals surface area contributed by atoms with Crippen molar-refractivity contribution in [1.82, 2.24) is 4.98 Å². The van der Waals surface area contributed by atoms with Crippen LogP contribution in [0.15, 0.2) is 18.2 Å². The van der Waals surface area contributed by atoms with E-state index in [1.165, 1.54) is 46.5 Å². The lowest BCUT2D eigenvalue weighted by Crippen LogP contribution is -2.20. The number of hydrogen-bond acceptors (Lipinski definition) is 3. The van der Waals surface area contributed by atoms with Gasteiger partial charge in [0, 0.05) is 5.92 Å². The zero-order valence-corrected chi connectivity index (χ0v) is 11.7. The van der Waals surface area contributed by atoms with E-state index in [4.69, 9.17) is 10.7 Å². The average Bonchev–Trinajstić information content (AvgIpc) is 2.81. The van der Waals surface area contributed by atoms with Crippen LogP contribution >= 0.6 is 11.3 Å². The van der Waals surface area contributed by atoms with Crippen molar-refractivity contribution in [3.63, 3.8) is 0 Å². The summed E-state index contributed by atoms with van der Waals surface area (Å²) in [5.41, 5.74) is 8.24. The Kier molecular flexibility index (Phi) is 3.35. The highest BCUT2D eigenvalue weighted by Crippen LogP contribution is 2.38. The number of benzene rings is 1. The molecule has 0 spiro atoms. The molecule has 0 atom stereocenters. The second-order valence-electron chi connectivity index (χ2n) is 5.48. The van der Waals surface area contributed by atoms with E-state index in [-0.39, 0.29) is 0 Å². The van der Waals surface area contributed by atoms with Crippen molar-refractivity contribution >= 4 is 21.6 Å². The summed E-state index contributed by atoms with van der Waals surface area (Å²) >= 11 is 1.88. The van der Waals surface area contributed by atoms with E-state index < -0.39 is 0 Å². The molecule has 0 aliphatic heterocycles. The molecule has 2 N–H and O–H groups in total. The van der Waals surface area contributed by atoms with Crippen molar-refractivity contribution in [2.45, 2.75) is 38.5 Å². The van der Waals surface area contributed by atoms with Gasteiger partial charge >= 0.3 is 0 Å². The molecule has 1 heterocycles. The summed E-state index contributed by atoms with van der Waals surface area (Å²) in [5, 5.41) is 1.34. The van der Waals surface area contributed by atoms with Gasteiger partial charge in [-0.25, -0.2) is 4.98 Å². The minimum atomic E-state index is 0.672. The van der Waals surface area contributed by atoms with Crippen molar-refractivity contribution in [3.8, 4) is 0 Å². The summed E-state index contributed by atoms with van der Waals surface area (Å²) in [7, 11) is 0. The van der Waals surface area contributed by atoms with Gasteiger partial charge in [0.25, 0.3) is 0 Å². The highest BCUT2D eigenvalue weighted by Gasteiger charge is 2.23. The van der Waals surface area contributed by atoms with Crippen molar-refractivity contribution in [1.29, 1.82) is 0 Å². The predicted molar refractivity (Wildman–Crippen MR) is 78.1 cm³/mol. The van der Waals surface area contributed by atoms with Crippen LogP contribution in [0.5, 0.6) is 0 Å². The monoisotopic (exact) mass is 260 g/mol. The van der Waals surface area contributed by atoms with E-state index in [2.05, 4.69) is 25.1 Å². The van der Waals surface area contributed by atoms with Crippen LogP contribution in [0.3, 0.4) is 0 Å². The van der Waals surface area contributed by atoms with Gasteiger partial charge in [-0.05, 0) is 62.8 Å². The standard InChI is InChI=1S/C15H20N2S/c1-10-2-7-13-14(8-10)18-15(17-13)12-5-3-11(9-16)4-6-12/h2,7-8,11-12H,3-6,9,16H2,1H3. The first-order chi connectivity index (χ1) is 8.76. The Hall–Kier alpha value is -0.930. The van der Waals surface area contributed by atoms with Gasteiger partial charge in [0.15, 0.2) is 0 Å². The smallest absolute Gasteiger partial charge is 0.0969 e. The normalized spacial score (nSPS) is 24.6. The summed E-state index contributed by atoms with van der Waals surface area (Å²) < 4.78 is 1.34. The quantitative estimate of drug-likeness (QED) is 0.891. The summed E-state index contributed by atoms with van der Waals surface area (Å²) in [6.45, 7) is 3.00. The SMILES string of the molecule is Cc1ccc2nc(C3CCC(CN)CC3)sc2c1. The number of thiazole rings is 1. The Morgan fingerprint density at radius 1 is 1.28 bits per heavy atom. The lowest BCUT2D eigenvalue weighted by Gasteiger charge is -2.26. The third-order valence-electron chi connectivity index (χ3n) is 4.09. The Balaban J connectivity index is 1.82. The second kappa shape index (κ2) is 4.98. The molecule has 1 aromatic heterocycles. The van der Waals surface area contributed by atoms with Crippen LogP contribution in [0.1, 0.15) is 42.2 Å². The van der Waals surface area contributed by atoms with Crippen LogP contribution < -0.4 is 5.73 Å². The molecule has 3 heteroatoms. The fourth-order valence-corrected chi connectivity index (χ4v) is 4.10. The van der Waals surface area contributed by atoms with Crippen LogP contribution in [0.25, 0.3) is 10.2 Å². The van der Waals surface area contributed by atoms with E-state index in [9.17, 15) is 0 Å². The molecule has 0 saturated heterocycles. The molecule has 1 aliphatic rings. The molecule has 2 nitrogen and oxygen atoms in total. The van der Waals surface area contributed by atoms with Crippen LogP contribution in [0.2, 0.25) is 0 Å². The molecule has 96 valence electrons. The number of fused-ring (bicyclic) bond motifs is 1. The molecular formula is C15H20N2S. The fourth-order valence-electron chi connectivity index (χ4n) is 2.87. The molecular weight excluding hydrogens is 240 g/mol. The summed E-state index contributed by atoms with van der Waals surface area (Å²) in [4.78, 5) is 4.82. The molecule has 1 saturated carbocycles. The molecule has 0 unspecified atom stereocenters. The molecule has 0 radical (unpaired) electrons. The van der Waals surface area contributed by atoms with Crippen molar-refractivity contribution in [2.75, 3.05) is 6.54 Å². The van der Waals surface area contributed by atoms with E-state index in [1.54, 1.807) is 0 Å². The van der Waals surface area contributed by atoms with Gasteiger partial charge in [0.1, 0.15) is 0 Å². The Bertz CT molecular complexity index is 538. The number of nitrogens with zero attached hydrogens (tertiary/aromatic N) is 1. The third kappa shape index (κ3) is 2.29. The predicted octanol–water partition coefficient (Wildman–Crippen LogP) is 3.84. The van der Waals surface area contributed by atoms with Crippen LogP contribution in [-0.4, -0.2) is 11.5 Å². The van der Waals surface area contributed by atoms with Gasteiger partial charge in [0.2, 0.25) is 0 Å². The number of rotatable bonds is 2. The number of nitrogens with two attached hydrogens (primary N) is 1. The topological polar surface area (TPSA) is 38.9 Å². The minimum Gasteiger partial charge on any atom is -0.330 e. The maximum Gasteiger partial charge on any atom is 0.0969 e. The van der Waals surface area contributed by atoms with E-state index in [1.807, 2.05) is 11.3 Å². The summed E-state index contributed by atoms with van der Waals surface area (Å²) in [6, 6.07) is 6.55. The summed E-state index contributed by atoms with van der Waals surface area (Å²) in [5.74, 6) is 1.42. The van der Waals surface area contributed by atoms with Crippen molar-refractivity contribution < 1.29 is 0 Å². The van der Waals surface area contributed by atoms with Gasteiger partial charge in [-0.3, -0.25) is 0 Å². The maximum atomic E-state index is 5.75. The number of hydrogen-bond donors (Lipinski definition) is 1. The molecule has 1 fully saturated rings. The van der Waals surface area contributed by atoms with E-state index in [0.29, 0.717) is 5.92 Å². The maximum absolute atomic E-state index is 5.75. The van der Waals surface area contributed by atoms with E-state index >= 15 is 0 Å². The lowest BCUT2D eigenvalue weighted by molar-refractivity contribution is 0.332. The zero-order valence-electron chi connectivity index (χ0n) is 10.9. The molecule has 1 aliphatic carbocycles. The largest absolute Gasteiger partial charge is 0.330 e. The zero-order chi connectivity index (χ0) is 12.5. The molecule has 0 amide bonds. The van der Waals surface area contributed by atoms with E-state index in [0.717, 1.165) is 12.5 Å². The third-order valence-corrected chi connectivity index (χ3v) is 5.27. The first kappa shape index (κ1) is 12.1. The highest BCUT2D eigenvalue weighted by molar-refractivity contribution is 7.18. The van der Waals surface area contributed by atoms with Gasteiger partial charge in [-0.1, -0.05) is 6.07 Å². The van der Waals surface area contributed by atoms with Gasteiger partial charge in [-0.2, -0.15) is 0 Å². The molecule has 2 aromatic rings. The van der Waals surface area contributed by atoms with Gasteiger partial charge < -0.3 is 5.73 Å². The Morgan fingerprint density at radius 3 is 2.78 bits per heavy atom. The molecule has 3 rings (SSSR count). The van der Waals surface area contributed by atoms with Gasteiger partial charge in [-0.15, -0.1) is 11.3 Å². The van der Waals surface area contributed by atoms with Crippen LogP contribution in [0.4, 0.5) is 0 Å². The summed E-state index contributed by atoms with van der Waals surface area (Å²) in [6.07, 6.45) is 5.08. The minimum absolute atomic E-state index is 0.672. The van der Waals surface area contributed by atoms with Crippen molar-refractivity contribution in [2.24, 2.45) is 11.7 Å². The molecule has 18 heavy (non-hydrogen) atoms. The molecule has 1 aromatic carbocycles. The first-order valence-corrected chi connectivity index (χ1v) is 7.65. The van der Waals surface area contributed by atoms with Crippen molar-refractivity contribution in [3.05, 3.63) is 28.8 Å².